The Kier molecular flexibility index (Phi) is 2.06. The van der Waals surface area contributed by atoms with Crippen LogP contribution in [0, 0.1) is 0 Å². The van der Waals surface area contributed by atoms with Gasteiger partial charge in [0.2, 0.25) is 0 Å². The molecule has 0 radical (unpaired) electrons. The Morgan fingerprint density at radius 3 is 2.74 bits per heavy atom. The van der Waals surface area contributed by atoms with Crippen molar-refractivity contribution in [2.24, 2.45) is 0 Å². The smallest absolute Gasteiger partial charge is 0.110 e. The van der Waals surface area contributed by atoms with E-state index >= 15 is 0 Å². The van der Waals surface area contributed by atoms with Gasteiger partial charge in [0.05, 0.1) is 23.8 Å². The largest absolute Gasteiger partial charge is 0.285 e. The summed E-state index contributed by atoms with van der Waals surface area (Å²) in [5, 5.41) is 15.2. The van der Waals surface area contributed by atoms with Crippen LogP contribution >= 0.6 is 0 Å². The maximum atomic E-state index is 5.50. The van der Waals surface area contributed by atoms with E-state index in [-0.39, 0.29) is 0 Å². The molecule has 2 aromatic heterocycles. The molecule has 1 aromatic carbocycles. The second kappa shape index (κ2) is 3.85. The molecule has 1 aliphatic rings. The van der Waals surface area contributed by atoms with Crippen molar-refractivity contribution in [2.75, 3.05) is 10.5 Å². The number of nitrogens with zero attached hydrogens (tertiary/aromatic N) is 3. The first-order valence-electron chi connectivity index (χ1n) is 5.77. The van der Waals surface area contributed by atoms with Gasteiger partial charge in [0.15, 0.2) is 0 Å². The highest BCUT2D eigenvalue weighted by molar-refractivity contribution is 5.89. The first-order valence-corrected chi connectivity index (χ1v) is 5.77. The van der Waals surface area contributed by atoms with Crippen LogP contribution in [0.25, 0.3) is 11.1 Å². The van der Waals surface area contributed by atoms with Crippen LogP contribution in [0.5, 0.6) is 0 Å². The van der Waals surface area contributed by atoms with Gasteiger partial charge in [0.1, 0.15) is 5.69 Å². The second-order valence-electron chi connectivity index (χ2n) is 4.13. The number of anilines is 3. The van der Waals surface area contributed by atoms with Crippen molar-refractivity contribution in [1.29, 1.82) is 0 Å². The molecule has 1 aliphatic heterocycles. The summed E-state index contributed by atoms with van der Waals surface area (Å²) in [6, 6.07) is 5.97. The second-order valence-corrected chi connectivity index (χ2v) is 4.13. The molecule has 3 heterocycles. The van der Waals surface area contributed by atoms with Gasteiger partial charge in [0, 0.05) is 23.5 Å². The molecule has 0 aliphatic carbocycles. The lowest BCUT2D eigenvalue weighted by Crippen LogP contribution is -2.12. The molecule has 0 bridgehead atoms. The molecule has 0 unspecified atom stereocenters. The molecule has 4 rings (SSSR count). The third-order valence-electron chi connectivity index (χ3n) is 3.03. The van der Waals surface area contributed by atoms with Gasteiger partial charge >= 0.3 is 0 Å². The van der Waals surface area contributed by atoms with Gasteiger partial charge in [-0.15, -0.1) is 0 Å². The third kappa shape index (κ3) is 1.49. The zero-order valence-electron chi connectivity index (χ0n) is 9.79. The van der Waals surface area contributed by atoms with Crippen LogP contribution in [0.15, 0.2) is 43.0 Å². The van der Waals surface area contributed by atoms with E-state index in [9.17, 15) is 0 Å². The summed E-state index contributed by atoms with van der Waals surface area (Å²) in [5.74, 6) is 0. The quantitative estimate of drug-likeness (QED) is 0.653. The maximum absolute atomic E-state index is 5.50. The number of para-hydroxylation sites is 1. The van der Waals surface area contributed by atoms with E-state index in [2.05, 4.69) is 25.9 Å². The van der Waals surface area contributed by atoms with Crippen LogP contribution < -0.4 is 10.5 Å². The highest BCUT2D eigenvalue weighted by Gasteiger charge is 2.25. The Morgan fingerprint density at radius 2 is 1.95 bits per heavy atom. The lowest BCUT2D eigenvalue weighted by Gasteiger charge is -2.12. The number of rotatable bonds is 2. The Balaban J connectivity index is 1.84. The van der Waals surface area contributed by atoms with Gasteiger partial charge in [-0.25, -0.2) is 5.48 Å². The number of aromatic amines is 2. The normalized spacial score (nSPS) is 13.4. The number of H-pyrrole nitrogens is 2. The molecule has 7 heteroatoms. The summed E-state index contributed by atoms with van der Waals surface area (Å²) >= 11 is 0. The molecule has 94 valence electrons. The average molecular weight is 254 g/mol. The number of hydrogen-bond donors (Lipinski definition) is 3. The van der Waals surface area contributed by atoms with Crippen LogP contribution in [-0.4, -0.2) is 20.4 Å². The maximum Gasteiger partial charge on any atom is 0.110 e. The van der Waals surface area contributed by atoms with E-state index in [0.717, 1.165) is 28.2 Å². The molecular formula is C12H10N6O. The van der Waals surface area contributed by atoms with Crippen molar-refractivity contribution in [3.05, 3.63) is 43.0 Å². The molecule has 0 saturated heterocycles. The minimum Gasteiger partial charge on any atom is -0.285 e. The molecule has 0 amide bonds. The Hall–Kier alpha value is -2.80. The van der Waals surface area contributed by atoms with Crippen LogP contribution in [0.3, 0.4) is 0 Å². The molecule has 0 atom stereocenters. The van der Waals surface area contributed by atoms with Gasteiger partial charge in [-0.3, -0.25) is 10.2 Å². The Bertz CT molecular complexity index is 691. The topological polar surface area (TPSA) is 81.9 Å². The summed E-state index contributed by atoms with van der Waals surface area (Å²) in [6.45, 7) is 0. The molecule has 3 N–H and O–H groups in total. The monoisotopic (exact) mass is 254 g/mol. The van der Waals surface area contributed by atoms with Gasteiger partial charge in [-0.2, -0.15) is 20.2 Å². The van der Waals surface area contributed by atoms with Gasteiger partial charge < -0.3 is 0 Å². The predicted molar refractivity (Wildman–Crippen MR) is 69.5 cm³/mol. The van der Waals surface area contributed by atoms with E-state index in [1.54, 1.807) is 23.7 Å². The summed E-state index contributed by atoms with van der Waals surface area (Å²) in [7, 11) is 0. The Morgan fingerprint density at radius 1 is 1.05 bits per heavy atom. The van der Waals surface area contributed by atoms with Crippen LogP contribution in [0.4, 0.5) is 17.1 Å². The number of nitrogens with one attached hydrogen (secondary N) is 3. The van der Waals surface area contributed by atoms with Crippen molar-refractivity contribution in [2.45, 2.75) is 0 Å². The highest BCUT2D eigenvalue weighted by Crippen LogP contribution is 2.42. The van der Waals surface area contributed by atoms with Crippen molar-refractivity contribution in [1.82, 2.24) is 20.4 Å². The minimum absolute atomic E-state index is 0.829. The minimum atomic E-state index is 0.829. The first-order chi connectivity index (χ1) is 9.43. The fraction of sp³-hybridized carbons (Fsp3) is 0. The predicted octanol–water partition coefficient (Wildman–Crippen LogP) is 2.21. The SMILES string of the molecule is c1cc(-c2cn[nH]c2)c2c(c1)N(c1cn[nH]c1)ON2. The lowest BCUT2D eigenvalue weighted by molar-refractivity contribution is 0.215. The molecule has 0 fully saturated rings. The fourth-order valence-electron chi connectivity index (χ4n) is 2.14. The zero-order valence-corrected chi connectivity index (χ0v) is 9.79. The van der Waals surface area contributed by atoms with E-state index in [1.165, 1.54) is 0 Å². The number of benzene rings is 1. The van der Waals surface area contributed by atoms with Crippen LogP contribution in [0.2, 0.25) is 0 Å². The van der Waals surface area contributed by atoms with E-state index in [1.807, 2.05) is 24.4 Å². The van der Waals surface area contributed by atoms with Gasteiger partial charge in [-0.05, 0) is 6.07 Å². The van der Waals surface area contributed by atoms with Crippen molar-refractivity contribution < 1.29 is 4.94 Å². The van der Waals surface area contributed by atoms with Crippen LogP contribution in [0.1, 0.15) is 0 Å². The molecule has 7 nitrogen and oxygen atoms in total. The fourth-order valence-corrected chi connectivity index (χ4v) is 2.14. The number of hydrogen-bond acceptors (Lipinski definition) is 5. The standard InChI is InChI=1S/C12H10N6O/c1-2-10(8-4-13-14-5-8)12-11(3-1)18(19-17-12)9-6-15-16-7-9/h1-7,17H,(H,13,14)(H,15,16). The lowest BCUT2D eigenvalue weighted by atomic mass is 10.1. The molecule has 0 spiro atoms. The molecule has 0 saturated carbocycles. The van der Waals surface area contributed by atoms with E-state index < -0.39 is 0 Å². The van der Waals surface area contributed by atoms with Crippen molar-refractivity contribution in [3.63, 3.8) is 0 Å². The van der Waals surface area contributed by atoms with Gasteiger partial charge in [-0.1, -0.05) is 12.1 Å². The summed E-state index contributed by atoms with van der Waals surface area (Å²) in [5.41, 5.74) is 7.63. The molecule has 3 aromatic rings. The Labute approximate surface area is 108 Å². The van der Waals surface area contributed by atoms with Crippen LogP contribution in [-0.2, 0) is 4.94 Å². The number of fused-ring (bicyclic) bond motifs is 1. The molecule has 19 heavy (non-hydrogen) atoms. The number of aromatic nitrogens is 4. The average Bonchev–Trinajstić information content (AvgIpc) is 3.18. The third-order valence-corrected chi connectivity index (χ3v) is 3.03. The van der Waals surface area contributed by atoms with Crippen molar-refractivity contribution in [3.8, 4) is 11.1 Å². The summed E-state index contributed by atoms with van der Waals surface area (Å²) in [6.07, 6.45) is 7.08. The summed E-state index contributed by atoms with van der Waals surface area (Å²) in [4.78, 5) is 5.50. The first kappa shape index (κ1) is 10.2. The summed E-state index contributed by atoms with van der Waals surface area (Å²) < 4.78 is 0. The highest BCUT2D eigenvalue weighted by atomic mass is 16.8. The van der Waals surface area contributed by atoms with E-state index in [0.29, 0.717) is 0 Å². The molecular weight excluding hydrogens is 244 g/mol. The zero-order chi connectivity index (χ0) is 12.7. The van der Waals surface area contributed by atoms with E-state index in [4.69, 9.17) is 4.94 Å². The van der Waals surface area contributed by atoms with Crippen molar-refractivity contribution >= 4 is 17.1 Å². The van der Waals surface area contributed by atoms with Gasteiger partial charge in [0.25, 0.3) is 0 Å².